The number of ether oxygens (including phenoxy) is 1. The van der Waals surface area contributed by atoms with Crippen LogP contribution in [0.5, 0.6) is 0 Å². The first-order chi connectivity index (χ1) is 12.4. The molecule has 1 unspecified atom stereocenters. The minimum atomic E-state index is -0.801. The zero-order valence-electron chi connectivity index (χ0n) is 14.9. The lowest BCUT2D eigenvalue weighted by Gasteiger charge is -2.33. The van der Waals surface area contributed by atoms with Crippen LogP contribution in [0.15, 0.2) is 35.5 Å². The van der Waals surface area contributed by atoms with Crippen LogP contribution < -0.4 is 5.32 Å². The summed E-state index contributed by atoms with van der Waals surface area (Å²) in [6.07, 6.45) is 0. The van der Waals surface area contributed by atoms with Crippen LogP contribution in [0.2, 0.25) is 0 Å². The van der Waals surface area contributed by atoms with Gasteiger partial charge in [0.2, 0.25) is 0 Å². The number of amides is 2. The van der Waals surface area contributed by atoms with Crippen molar-refractivity contribution in [3.05, 3.63) is 51.2 Å². The molecule has 2 rings (SSSR count). The minimum Gasteiger partial charge on any atom is -0.461 e. The lowest BCUT2D eigenvalue weighted by molar-refractivity contribution is -0.384. The van der Waals surface area contributed by atoms with Gasteiger partial charge in [-0.15, -0.1) is 0 Å². The number of carbonyl (C=O) groups excluding carboxylic acids is 2. The Hall–Kier alpha value is -2.55. The van der Waals surface area contributed by atoms with E-state index in [1.807, 2.05) is 6.92 Å². The lowest BCUT2D eigenvalue weighted by Crippen LogP contribution is -2.46. The van der Waals surface area contributed by atoms with E-state index in [9.17, 15) is 19.7 Å². The summed E-state index contributed by atoms with van der Waals surface area (Å²) in [5, 5.41) is 13.8. The number of thioether (sulfide) groups is 1. The van der Waals surface area contributed by atoms with Crippen LogP contribution in [0.3, 0.4) is 0 Å². The highest BCUT2D eigenvalue weighted by molar-refractivity contribution is 7.99. The Kier molecular flexibility index (Phi) is 6.62. The van der Waals surface area contributed by atoms with Crippen molar-refractivity contribution >= 4 is 29.4 Å². The lowest BCUT2D eigenvalue weighted by atomic mass is 9.95. The Balaban J connectivity index is 2.35. The molecule has 0 saturated carbocycles. The quantitative estimate of drug-likeness (QED) is 0.338. The Bertz CT molecular complexity index is 750. The topological polar surface area (TPSA) is 102 Å². The molecule has 1 atom stereocenters. The van der Waals surface area contributed by atoms with Crippen LogP contribution in [0, 0.1) is 10.1 Å². The number of benzene rings is 1. The molecule has 26 heavy (non-hydrogen) atoms. The summed E-state index contributed by atoms with van der Waals surface area (Å²) in [7, 11) is 1.55. The van der Waals surface area contributed by atoms with Gasteiger partial charge >= 0.3 is 12.0 Å². The fourth-order valence-corrected chi connectivity index (χ4v) is 3.07. The maximum absolute atomic E-state index is 12.6. The summed E-state index contributed by atoms with van der Waals surface area (Å²) in [5.74, 6) is 1.06. The van der Waals surface area contributed by atoms with Crippen LogP contribution in [-0.4, -0.2) is 47.0 Å². The molecule has 2 amide bonds. The number of non-ortho nitro benzene ring substituents is 1. The maximum atomic E-state index is 12.6. The number of rotatable bonds is 7. The molecule has 0 saturated heterocycles. The smallest absolute Gasteiger partial charge is 0.338 e. The molecule has 1 aromatic carbocycles. The van der Waals surface area contributed by atoms with Crippen LogP contribution in [0.25, 0.3) is 0 Å². The molecule has 1 aliphatic heterocycles. The Morgan fingerprint density at radius 1 is 1.46 bits per heavy atom. The van der Waals surface area contributed by atoms with Crippen molar-refractivity contribution in [3.63, 3.8) is 0 Å². The zero-order valence-corrected chi connectivity index (χ0v) is 15.7. The zero-order chi connectivity index (χ0) is 19.3. The van der Waals surface area contributed by atoms with Crippen LogP contribution in [-0.2, 0) is 9.53 Å². The summed E-state index contributed by atoms with van der Waals surface area (Å²) < 4.78 is 5.34. The summed E-state index contributed by atoms with van der Waals surface area (Å²) >= 11 is 1.65. The van der Waals surface area contributed by atoms with Crippen molar-refractivity contribution in [2.75, 3.05) is 25.2 Å². The van der Waals surface area contributed by atoms with E-state index in [-0.39, 0.29) is 17.9 Å². The van der Waals surface area contributed by atoms with E-state index in [1.54, 1.807) is 31.8 Å². The van der Waals surface area contributed by atoms with Crippen molar-refractivity contribution in [3.8, 4) is 0 Å². The van der Waals surface area contributed by atoms with E-state index in [0.29, 0.717) is 17.0 Å². The SMILES string of the molecule is CCSCCOC(=O)C1=C(C)N(C)C(=O)NC1c1cccc([N+](=O)[O-])c1. The number of urea groups is 1. The van der Waals surface area contributed by atoms with Crippen molar-refractivity contribution in [1.82, 2.24) is 10.2 Å². The first kappa shape index (κ1) is 19.8. The number of nitro benzene ring substituents is 1. The molecule has 0 bridgehead atoms. The first-order valence-electron chi connectivity index (χ1n) is 8.11. The summed E-state index contributed by atoms with van der Waals surface area (Å²) in [4.78, 5) is 36.6. The van der Waals surface area contributed by atoms with Crippen LogP contribution in [0.1, 0.15) is 25.5 Å². The summed E-state index contributed by atoms with van der Waals surface area (Å²) in [6, 6.07) is 4.67. The third kappa shape index (κ3) is 4.34. The third-order valence-corrected chi connectivity index (χ3v) is 4.92. The standard InChI is InChI=1S/C17H21N3O5S/c1-4-26-9-8-25-16(21)14-11(2)19(3)17(22)18-15(14)12-6-5-7-13(10-12)20(23)24/h5-7,10,15H,4,8-9H2,1-3H3,(H,18,22). The van der Waals surface area contributed by atoms with E-state index in [4.69, 9.17) is 4.74 Å². The van der Waals surface area contributed by atoms with Crippen molar-refractivity contribution < 1.29 is 19.2 Å². The summed E-state index contributed by atoms with van der Waals surface area (Å²) in [5.41, 5.74) is 1.07. The molecule has 1 aliphatic rings. The monoisotopic (exact) mass is 379 g/mol. The molecule has 1 aromatic rings. The number of nitrogens with one attached hydrogen (secondary N) is 1. The van der Waals surface area contributed by atoms with E-state index >= 15 is 0 Å². The van der Waals surface area contributed by atoms with E-state index in [0.717, 1.165) is 5.75 Å². The molecule has 0 spiro atoms. The van der Waals surface area contributed by atoms with Crippen LogP contribution in [0.4, 0.5) is 10.5 Å². The molecular formula is C17H21N3O5S. The van der Waals surface area contributed by atoms with Gasteiger partial charge in [-0.2, -0.15) is 11.8 Å². The van der Waals surface area contributed by atoms with E-state index in [1.165, 1.54) is 23.1 Å². The van der Waals surface area contributed by atoms with Gasteiger partial charge in [-0.25, -0.2) is 9.59 Å². The molecule has 140 valence electrons. The molecule has 1 N–H and O–H groups in total. The van der Waals surface area contributed by atoms with Gasteiger partial charge in [0.25, 0.3) is 5.69 Å². The molecule has 0 radical (unpaired) electrons. The Labute approximate surface area is 155 Å². The molecule has 0 aromatic heterocycles. The predicted molar refractivity (Wildman–Crippen MR) is 98.8 cm³/mol. The van der Waals surface area contributed by atoms with Gasteiger partial charge in [0.05, 0.1) is 16.5 Å². The van der Waals surface area contributed by atoms with E-state index < -0.39 is 23.0 Å². The minimum absolute atomic E-state index is 0.111. The second-order valence-electron chi connectivity index (χ2n) is 5.63. The van der Waals surface area contributed by atoms with Gasteiger partial charge in [0, 0.05) is 30.6 Å². The Morgan fingerprint density at radius 3 is 2.85 bits per heavy atom. The first-order valence-corrected chi connectivity index (χ1v) is 9.26. The van der Waals surface area contributed by atoms with Gasteiger partial charge in [-0.1, -0.05) is 19.1 Å². The molecule has 0 aliphatic carbocycles. The highest BCUT2D eigenvalue weighted by Crippen LogP contribution is 2.32. The van der Waals surface area contributed by atoms with Crippen molar-refractivity contribution in [2.45, 2.75) is 19.9 Å². The Morgan fingerprint density at radius 2 is 2.19 bits per heavy atom. The number of hydrogen-bond acceptors (Lipinski definition) is 6. The average Bonchev–Trinajstić information content (AvgIpc) is 2.63. The number of allylic oxidation sites excluding steroid dienone is 1. The largest absolute Gasteiger partial charge is 0.461 e. The number of nitrogens with zero attached hydrogens (tertiary/aromatic N) is 2. The highest BCUT2D eigenvalue weighted by Gasteiger charge is 2.35. The molecular weight excluding hydrogens is 358 g/mol. The van der Waals surface area contributed by atoms with Gasteiger partial charge in [0.15, 0.2) is 0 Å². The van der Waals surface area contributed by atoms with Crippen LogP contribution >= 0.6 is 11.8 Å². The van der Waals surface area contributed by atoms with Crippen molar-refractivity contribution in [1.29, 1.82) is 0 Å². The number of carbonyl (C=O) groups is 2. The molecule has 1 heterocycles. The highest BCUT2D eigenvalue weighted by atomic mass is 32.2. The third-order valence-electron chi connectivity index (χ3n) is 4.05. The van der Waals surface area contributed by atoms with Gasteiger partial charge in [-0.3, -0.25) is 10.1 Å². The number of esters is 1. The number of hydrogen-bond donors (Lipinski definition) is 1. The van der Waals surface area contributed by atoms with E-state index in [2.05, 4.69) is 5.32 Å². The second kappa shape index (κ2) is 8.70. The predicted octanol–water partition coefficient (Wildman–Crippen LogP) is 2.86. The van der Waals surface area contributed by atoms with Gasteiger partial charge in [-0.05, 0) is 18.2 Å². The fourth-order valence-electron chi connectivity index (χ4n) is 2.58. The average molecular weight is 379 g/mol. The molecule has 0 fully saturated rings. The normalized spacial score (nSPS) is 17.1. The van der Waals surface area contributed by atoms with Gasteiger partial charge < -0.3 is 15.0 Å². The second-order valence-corrected chi connectivity index (χ2v) is 7.02. The molecule has 9 heteroatoms. The molecule has 8 nitrogen and oxygen atoms in total. The maximum Gasteiger partial charge on any atom is 0.338 e. The summed E-state index contributed by atoms with van der Waals surface area (Å²) in [6.45, 7) is 3.93. The van der Waals surface area contributed by atoms with Gasteiger partial charge in [0.1, 0.15) is 6.61 Å². The fraction of sp³-hybridized carbons (Fsp3) is 0.412. The number of nitro groups is 1. The van der Waals surface area contributed by atoms with Crippen molar-refractivity contribution in [2.24, 2.45) is 0 Å².